The average molecular weight is 155 g/mol. The van der Waals surface area contributed by atoms with E-state index in [1.54, 1.807) is 0 Å². The zero-order chi connectivity index (χ0) is 8.27. The Morgan fingerprint density at radius 3 is 2.55 bits per heavy atom. The summed E-state index contributed by atoms with van der Waals surface area (Å²) in [6.07, 6.45) is 0. The molecule has 0 saturated carbocycles. The molecular formula is C6H5NO4. The van der Waals surface area contributed by atoms with E-state index >= 15 is 0 Å². The van der Waals surface area contributed by atoms with E-state index in [0.717, 1.165) is 0 Å². The van der Waals surface area contributed by atoms with Crippen LogP contribution in [-0.4, -0.2) is 10.2 Å². The molecule has 0 unspecified atom stereocenters. The lowest BCUT2D eigenvalue weighted by atomic mass is 10.3. The second-order valence-electron chi connectivity index (χ2n) is 1.82. The van der Waals surface area contributed by atoms with Crippen LogP contribution in [0.25, 0.3) is 0 Å². The fourth-order valence-electron chi connectivity index (χ4n) is 0.685. The van der Waals surface area contributed by atoms with Gasteiger partial charge in [-0.15, -0.1) is 0 Å². The van der Waals surface area contributed by atoms with Crippen molar-refractivity contribution in [2.45, 2.75) is 0 Å². The highest BCUT2D eigenvalue weighted by molar-refractivity contribution is 5.45. The molecule has 0 spiro atoms. The van der Waals surface area contributed by atoms with E-state index in [-0.39, 0.29) is 11.4 Å². The largest absolute Gasteiger partial charge is 0.333 e. The number of nitro groups is 1. The molecule has 0 aromatic heterocycles. The van der Waals surface area contributed by atoms with Crippen molar-refractivity contribution in [3.8, 4) is 5.75 Å². The van der Waals surface area contributed by atoms with Gasteiger partial charge in [-0.2, -0.15) is 0 Å². The molecule has 0 heterocycles. The summed E-state index contributed by atoms with van der Waals surface area (Å²) in [4.78, 5) is 13.3. The molecule has 5 nitrogen and oxygen atoms in total. The minimum atomic E-state index is -0.633. The first-order chi connectivity index (χ1) is 5.25. The summed E-state index contributed by atoms with van der Waals surface area (Å²) in [5.74, 6) is -0.155. The predicted molar refractivity (Wildman–Crippen MR) is 36.4 cm³/mol. The second-order valence-corrected chi connectivity index (χ2v) is 1.82. The van der Waals surface area contributed by atoms with Crippen molar-refractivity contribution in [1.29, 1.82) is 0 Å². The summed E-state index contributed by atoms with van der Waals surface area (Å²) < 4.78 is 0. The van der Waals surface area contributed by atoms with E-state index < -0.39 is 4.92 Å². The first-order valence-electron chi connectivity index (χ1n) is 2.80. The van der Waals surface area contributed by atoms with Gasteiger partial charge in [0.25, 0.3) is 0 Å². The third kappa shape index (κ3) is 1.44. The molecule has 0 aliphatic rings. The SMILES string of the molecule is O=[N+]([O-])c1ccccc1OO. The van der Waals surface area contributed by atoms with Crippen molar-refractivity contribution in [2.24, 2.45) is 0 Å². The topological polar surface area (TPSA) is 72.6 Å². The fourth-order valence-corrected chi connectivity index (χ4v) is 0.685. The van der Waals surface area contributed by atoms with Crippen molar-refractivity contribution >= 4 is 5.69 Å². The Morgan fingerprint density at radius 1 is 1.45 bits per heavy atom. The second kappa shape index (κ2) is 2.98. The maximum absolute atomic E-state index is 10.2. The van der Waals surface area contributed by atoms with E-state index in [1.165, 1.54) is 24.3 Å². The zero-order valence-corrected chi connectivity index (χ0v) is 5.43. The summed E-state index contributed by atoms with van der Waals surface area (Å²) in [7, 11) is 0. The van der Waals surface area contributed by atoms with Crippen LogP contribution in [0.1, 0.15) is 0 Å². The van der Waals surface area contributed by atoms with Gasteiger partial charge in [0.15, 0.2) is 0 Å². The fraction of sp³-hybridized carbons (Fsp3) is 0. The standard InChI is InChI=1S/C6H5NO4/c8-7(9)5-3-1-2-4-6(5)11-10/h1-4,10H. The Kier molecular flexibility index (Phi) is 2.03. The highest BCUT2D eigenvalue weighted by Crippen LogP contribution is 2.24. The quantitative estimate of drug-likeness (QED) is 0.398. The van der Waals surface area contributed by atoms with Gasteiger partial charge in [-0.05, 0) is 6.07 Å². The van der Waals surface area contributed by atoms with Crippen LogP contribution in [0.2, 0.25) is 0 Å². The van der Waals surface area contributed by atoms with E-state index in [1.807, 2.05) is 0 Å². The van der Waals surface area contributed by atoms with Crippen LogP contribution in [-0.2, 0) is 0 Å². The highest BCUT2D eigenvalue weighted by Gasteiger charge is 2.12. The van der Waals surface area contributed by atoms with E-state index in [4.69, 9.17) is 5.26 Å². The Bertz CT molecular complexity index is 273. The molecule has 1 rings (SSSR count). The third-order valence-electron chi connectivity index (χ3n) is 1.16. The number of benzene rings is 1. The molecule has 11 heavy (non-hydrogen) atoms. The van der Waals surface area contributed by atoms with E-state index in [2.05, 4.69) is 4.89 Å². The number of rotatable bonds is 2. The molecule has 0 aliphatic heterocycles. The molecule has 1 N–H and O–H groups in total. The van der Waals surface area contributed by atoms with Gasteiger partial charge < -0.3 is 4.89 Å². The summed E-state index contributed by atoms with van der Waals surface area (Å²) in [6.45, 7) is 0. The van der Waals surface area contributed by atoms with Crippen LogP contribution in [0.15, 0.2) is 24.3 Å². The molecule has 0 radical (unpaired) electrons. The minimum Gasteiger partial charge on any atom is -0.333 e. The highest BCUT2D eigenvalue weighted by atomic mass is 17.1. The number of nitrogens with zero attached hydrogens (tertiary/aromatic N) is 1. The molecule has 1 aromatic rings. The van der Waals surface area contributed by atoms with Gasteiger partial charge in [-0.1, -0.05) is 12.1 Å². The van der Waals surface area contributed by atoms with Crippen LogP contribution in [0, 0.1) is 10.1 Å². The van der Waals surface area contributed by atoms with Gasteiger partial charge in [0.1, 0.15) is 0 Å². The number of para-hydroxylation sites is 2. The monoisotopic (exact) mass is 155 g/mol. The van der Waals surface area contributed by atoms with Gasteiger partial charge in [-0.3, -0.25) is 10.1 Å². The predicted octanol–water partition coefficient (Wildman–Crippen LogP) is 1.45. The van der Waals surface area contributed by atoms with Crippen molar-refractivity contribution in [1.82, 2.24) is 0 Å². The van der Waals surface area contributed by atoms with E-state index in [9.17, 15) is 10.1 Å². The van der Waals surface area contributed by atoms with Crippen LogP contribution >= 0.6 is 0 Å². The third-order valence-corrected chi connectivity index (χ3v) is 1.16. The maximum Gasteiger partial charge on any atom is 0.315 e. The molecule has 1 aromatic carbocycles. The molecular weight excluding hydrogens is 150 g/mol. The zero-order valence-electron chi connectivity index (χ0n) is 5.43. The lowest BCUT2D eigenvalue weighted by molar-refractivity contribution is -0.387. The van der Waals surface area contributed by atoms with Gasteiger partial charge in [-0.25, -0.2) is 5.26 Å². The van der Waals surface area contributed by atoms with Crippen LogP contribution in [0.3, 0.4) is 0 Å². The molecule has 58 valence electrons. The maximum atomic E-state index is 10.2. The van der Waals surface area contributed by atoms with Gasteiger partial charge >= 0.3 is 5.69 Å². The number of nitro benzene ring substituents is 1. The summed E-state index contributed by atoms with van der Waals surface area (Å²) in [6, 6.07) is 5.56. The normalized spacial score (nSPS) is 9.18. The van der Waals surface area contributed by atoms with Gasteiger partial charge in [0.05, 0.1) is 4.92 Å². The molecule has 0 fully saturated rings. The Morgan fingerprint density at radius 2 is 2.09 bits per heavy atom. The molecule has 5 heteroatoms. The molecule has 0 saturated heterocycles. The van der Waals surface area contributed by atoms with Crippen molar-refractivity contribution in [3.63, 3.8) is 0 Å². The average Bonchev–Trinajstić information content (AvgIpc) is 2.04. The molecule has 0 amide bonds. The molecule has 0 aliphatic carbocycles. The Hall–Kier alpha value is -1.62. The summed E-state index contributed by atoms with van der Waals surface area (Å²) in [5.41, 5.74) is -0.255. The van der Waals surface area contributed by atoms with Crippen LogP contribution < -0.4 is 4.89 Å². The summed E-state index contributed by atoms with van der Waals surface area (Å²) in [5, 5.41) is 18.4. The van der Waals surface area contributed by atoms with Crippen LogP contribution in [0.4, 0.5) is 5.69 Å². The van der Waals surface area contributed by atoms with Crippen LogP contribution in [0.5, 0.6) is 5.75 Å². The van der Waals surface area contributed by atoms with Crippen molar-refractivity contribution in [3.05, 3.63) is 34.4 Å². The molecule has 0 atom stereocenters. The Balaban J connectivity index is 3.12. The first-order valence-corrected chi connectivity index (χ1v) is 2.80. The van der Waals surface area contributed by atoms with Crippen molar-refractivity contribution < 1.29 is 15.1 Å². The lowest BCUT2D eigenvalue weighted by Crippen LogP contribution is -1.92. The first kappa shape index (κ1) is 7.49. The Labute approximate surface area is 61.9 Å². The van der Waals surface area contributed by atoms with Gasteiger partial charge in [0, 0.05) is 6.07 Å². The smallest absolute Gasteiger partial charge is 0.315 e. The van der Waals surface area contributed by atoms with E-state index in [0.29, 0.717) is 0 Å². The molecule has 0 bridgehead atoms. The van der Waals surface area contributed by atoms with Crippen molar-refractivity contribution in [2.75, 3.05) is 0 Å². The minimum absolute atomic E-state index is 0.155. The summed E-state index contributed by atoms with van der Waals surface area (Å²) >= 11 is 0. The number of hydrogen-bond donors (Lipinski definition) is 1. The lowest BCUT2D eigenvalue weighted by Gasteiger charge is -1.95. The number of hydrogen-bond acceptors (Lipinski definition) is 4. The van der Waals surface area contributed by atoms with Gasteiger partial charge in [0.2, 0.25) is 5.75 Å².